The van der Waals surface area contributed by atoms with Crippen molar-refractivity contribution in [3.8, 4) is 78.5 Å². The van der Waals surface area contributed by atoms with Gasteiger partial charge in [0.25, 0.3) is 0 Å². The van der Waals surface area contributed by atoms with Crippen LogP contribution >= 0.6 is 11.3 Å². The summed E-state index contributed by atoms with van der Waals surface area (Å²) >= 11 is 1.85. The predicted molar refractivity (Wildman–Crippen MR) is 495 cm³/mol. The highest BCUT2D eigenvalue weighted by Crippen LogP contribution is 2.44. The van der Waals surface area contributed by atoms with Crippen molar-refractivity contribution in [3.63, 3.8) is 0 Å². The molecular formula is C108H64N8O3S. The number of hydrogen-bond donors (Lipinski definition) is 0. The van der Waals surface area contributed by atoms with Gasteiger partial charge in [-0.2, -0.15) is 0 Å². The summed E-state index contributed by atoms with van der Waals surface area (Å²) in [4.78, 5) is 29.2. The molecule has 12 heteroatoms. The maximum absolute atomic E-state index is 6.10. The fraction of sp³-hybridized carbons (Fsp3) is 0. The van der Waals surface area contributed by atoms with Crippen LogP contribution in [0.3, 0.4) is 0 Å². The topological polar surface area (TPSA) is 127 Å². The molecule has 0 atom stereocenters. The molecule has 0 fully saturated rings. The fourth-order valence-corrected chi connectivity index (χ4v) is 19.1. The van der Waals surface area contributed by atoms with Gasteiger partial charge in [0.15, 0.2) is 0 Å². The van der Waals surface area contributed by atoms with Crippen molar-refractivity contribution in [2.45, 2.75) is 0 Å². The van der Waals surface area contributed by atoms with Crippen LogP contribution in [0.2, 0.25) is 0 Å². The van der Waals surface area contributed by atoms with Gasteiger partial charge in [0.1, 0.15) is 33.3 Å². The van der Waals surface area contributed by atoms with Gasteiger partial charge < -0.3 is 22.4 Å². The molecule has 560 valence electrons. The molecule has 0 radical (unpaired) electrons. The van der Waals surface area contributed by atoms with Crippen molar-refractivity contribution >= 4 is 174 Å². The fourth-order valence-electron chi connectivity index (χ4n) is 17.9. The van der Waals surface area contributed by atoms with Crippen LogP contribution in [-0.2, 0) is 0 Å². The molecule has 0 saturated carbocycles. The van der Waals surface area contributed by atoms with E-state index in [1.807, 2.05) is 54.1 Å². The second kappa shape index (κ2) is 27.9. The van der Waals surface area contributed by atoms with Crippen LogP contribution in [0.25, 0.3) is 241 Å². The van der Waals surface area contributed by atoms with E-state index in [0.29, 0.717) is 17.1 Å². The maximum Gasteiger partial charge on any atom is 0.246 e. The average molecular weight is 1550 g/mol. The molecular weight excluding hydrogens is 1490 g/mol. The highest BCUT2D eigenvalue weighted by Gasteiger charge is 2.22. The molecule has 0 aliphatic heterocycles. The Morgan fingerprint density at radius 1 is 0.233 bits per heavy atom. The summed E-state index contributed by atoms with van der Waals surface area (Å²) in [5.74, 6) is 0. The Labute approximate surface area is 688 Å². The molecule has 11 nitrogen and oxygen atoms in total. The quantitative estimate of drug-likeness (QED) is 0.146. The van der Waals surface area contributed by atoms with Gasteiger partial charge in [-0.25, -0.2) is 29.9 Å². The van der Waals surface area contributed by atoms with Crippen LogP contribution in [0, 0.1) is 0 Å². The number of fused-ring (bicyclic) bond motifs is 24. The predicted octanol–water partition coefficient (Wildman–Crippen LogP) is 29.2. The number of benzene rings is 17. The van der Waals surface area contributed by atoms with Gasteiger partial charge in [0.2, 0.25) is 17.1 Å². The number of hydrogen-bond acceptors (Lipinski definition) is 10. The second-order valence-corrected chi connectivity index (χ2v) is 31.4. The Hall–Kier alpha value is -16.0. The Morgan fingerprint density at radius 3 is 1.11 bits per heavy atom. The van der Waals surface area contributed by atoms with E-state index >= 15 is 0 Å². The van der Waals surface area contributed by atoms with Gasteiger partial charge in [-0.05, 0) is 163 Å². The lowest BCUT2D eigenvalue weighted by atomic mass is 9.96. The Bertz CT molecular complexity index is 8610. The Morgan fingerprint density at radius 2 is 0.592 bits per heavy atom. The molecule has 9 heterocycles. The number of nitrogens with zero attached hydrogens (tertiary/aromatic N) is 8. The zero-order valence-corrected chi connectivity index (χ0v) is 65.0. The van der Waals surface area contributed by atoms with Gasteiger partial charge in [-0.15, -0.1) is 11.3 Å². The van der Waals surface area contributed by atoms with Crippen molar-refractivity contribution in [2.75, 3.05) is 0 Å². The highest BCUT2D eigenvalue weighted by atomic mass is 32.1. The van der Waals surface area contributed by atoms with Crippen molar-refractivity contribution < 1.29 is 13.3 Å². The Kier molecular flexibility index (Phi) is 15.9. The molecule has 26 rings (SSSR count). The second-order valence-electron chi connectivity index (χ2n) is 30.4. The zero-order chi connectivity index (χ0) is 78.9. The van der Waals surface area contributed by atoms with Crippen molar-refractivity contribution in [2.24, 2.45) is 0 Å². The largest absolute Gasteiger partial charge is 0.436 e. The van der Waals surface area contributed by atoms with E-state index in [1.165, 1.54) is 91.4 Å². The smallest absolute Gasteiger partial charge is 0.246 e. The number of aromatic nitrogens is 8. The van der Waals surface area contributed by atoms with E-state index in [0.717, 1.165) is 133 Å². The normalized spacial score (nSPS) is 11.8. The van der Waals surface area contributed by atoms with Gasteiger partial charge >= 0.3 is 0 Å². The minimum Gasteiger partial charge on any atom is -0.436 e. The van der Waals surface area contributed by atoms with Crippen LogP contribution in [0.5, 0.6) is 0 Å². The molecule has 17 aromatic carbocycles. The van der Waals surface area contributed by atoms with Gasteiger partial charge in [-0.3, -0.25) is 0 Å². The van der Waals surface area contributed by atoms with Crippen molar-refractivity contribution in [1.29, 1.82) is 0 Å². The third-order valence-corrected chi connectivity index (χ3v) is 24.7. The van der Waals surface area contributed by atoms with Crippen LogP contribution < -0.4 is 0 Å². The number of thiophene rings is 1. The van der Waals surface area contributed by atoms with Crippen LogP contribution in [0.15, 0.2) is 402 Å². The van der Waals surface area contributed by atoms with E-state index in [1.54, 1.807) is 6.20 Å². The van der Waals surface area contributed by atoms with E-state index in [4.69, 9.17) is 33.2 Å². The Balaban J connectivity index is 0.000000104. The molecule has 0 aliphatic rings. The third-order valence-electron chi connectivity index (χ3n) is 23.4. The van der Waals surface area contributed by atoms with Gasteiger partial charge in [0.05, 0.1) is 73.9 Å². The molecule has 0 spiro atoms. The zero-order valence-electron chi connectivity index (χ0n) is 64.2. The monoisotopic (exact) mass is 1550 g/mol. The third kappa shape index (κ3) is 11.4. The summed E-state index contributed by atoms with van der Waals surface area (Å²) in [6, 6.07) is 130. The average Bonchev–Trinajstić information content (AvgIpc) is 1.61. The molecule has 0 bridgehead atoms. The lowest BCUT2D eigenvalue weighted by Gasteiger charge is -2.10. The van der Waals surface area contributed by atoms with Crippen molar-refractivity contribution in [3.05, 3.63) is 389 Å². The first-order chi connectivity index (χ1) is 59.5. The minimum atomic E-state index is 0.554. The summed E-state index contributed by atoms with van der Waals surface area (Å²) in [6.07, 6.45) is 5.42. The lowest BCUT2D eigenvalue weighted by Crippen LogP contribution is -1.95. The first kappa shape index (κ1) is 68.4. The molecule has 0 aliphatic carbocycles. The number of para-hydroxylation sites is 4. The molecule has 9 aromatic heterocycles. The maximum atomic E-state index is 6.10. The van der Waals surface area contributed by atoms with Gasteiger partial charge in [0, 0.05) is 69.8 Å². The van der Waals surface area contributed by atoms with E-state index in [2.05, 4.69) is 359 Å². The first-order valence-electron chi connectivity index (χ1n) is 40.1. The number of rotatable bonds is 8. The van der Waals surface area contributed by atoms with Crippen LogP contribution in [-0.4, -0.2) is 39.0 Å². The summed E-state index contributed by atoms with van der Waals surface area (Å²) < 4.78 is 25.5. The van der Waals surface area contributed by atoms with Gasteiger partial charge in [-0.1, -0.05) is 273 Å². The van der Waals surface area contributed by atoms with E-state index in [-0.39, 0.29) is 0 Å². The SMILES string of the molecule is c1cc(-c2cnc3oc4ccc5ccccc5c4c3n2)cc(-c2cccc3c2sc2ccccc23)c1.c1cc(-c2cnc3oc4ccc5ccccc5c4c3n2)cc(-n2c3ccccc3c3ccccc32)c1.c1ccc(-n2c3ccccc3c3cc(-c4cccc(-c5cccc(-c6cnc7oc8ccc9ccccc9c8c7n6)c5)c4)ccc32)cc1. The summed E-state index contributed by atoms with van der Waals surface area (Å²) in [7, 11) is 0. The van der Waals surface area contributed by atoms with Crippen molar-refractivity contribution in [1.82, 2.24) is 39.0 Å². The lowest BCUT2D eigenvalue weighted by molar-refractivity contribution is 0.653. The molecule has 26 aromatic rings. The number of furan rings is 3. The standard InChI is InChI=1S/C44H27N3O.C32H19N3O.C32H18N2OS/c1-2-15-34(16-3-1)47-39-19-7-6-18-36(39)37-26-32(20-22-40(37)47)30-12-8-11-29(24-30)31-13-9-14-33(25-31)38-27-45-44-43(46-38)42-35-17-5-4-10-28(35)21-23-41(42)48-44;1-2-11-23-20(8-1)16-17-29-30(23)31-32(36-29)33-19-26(34-31)21-9-7-10-22(18-21)35-27-14-5-3-12-24(27)25-13-4-6-15-28(25)35;1-2-10-22-19(7-1)15-16-27-29(22)30-32(35-27)33-18-26(34-30)21-9-5-8-20(17-21)23-12-6-13-25-24-11-3-4-14-28(24)36-31(23)25/h1-27H;1-19H;1-18H. The molecule has 0 unspecified atom stereocenters. The minimum absolute atomic E-state index is 0.554. The highest BCUT2D eigenvalue weighted by molar-refractivity contribution is 7.26. The van der Waals surface area contributed by atoms with Crippen LogP contribution in [0.4, 0.5) is 0 Å². The first-order valence-corrected chi connectivity index (χ1v) is 40.9. The van der Waals surface area contributed by atoms with E-state index < -0.39 is 0 Å². The van der Waals surface area contributed by atoms with E-state index in [9.17, 15) is 0 Å². The summed E-state index contributed by atoms with van der Waals surface area (Å²) in [6.45, 7) is 0. The molecule has 0 amide bonds. The molecule has 120 heavy (non-hydrogen) atoms. The summed E-state index contributed by atoms with van der Waals surface area (Å²) in [5, 5.41) is 17.5. The molecule has 0 N–H and O–H groups in total. The summed E-state index contributed by atoms with van der Waals surface area (Å²) in [5.41, 5.74) is 26.1. The molecule has 0 saturated heterocycles. The van der Waals surface area contributed by atoms with Crippen LogP contribution in [0.1, 0.15) is 0 Å².